The van der Waals surface area contributed by atoms with Crippen molar-refractivity contribution in [2.45, 2.75) is 27.2 Å². The van der Waals surface area contributed by atoms with Crippen molar-refractivity contribution < 1.29 is 38.0 Å². The molecule has 58 heavy (non-hydrogen) atoms. The van der Waals surface area contributed by atoms with E-state index in [1.54, 1.807) is 18.2 Å². The zero-order valence-electron chi connectivity index (χ0n) is 31.7. The third-order valence-electron chi connectivity index (χ3n) is 11.7. The number of methoxy groups -OCH3 is 2. The number of phenolic OH excluding ortho intramolecular Hbond substituents is 3. The Morgan fingerprint density at radius 1 is 0.517 bits per heavy atom. The minimum absolute atomic E-state index is 0.0658. The van der Waals surface area contributed by atoms with Crippen LogP contribution in [0.5, 0.6) is 28.7 Å². The number of aryl methyl sites for hydroxylation is 3. The van der Waals surface area contributed by atoms with Gasteiger partial charge in [-0.3, -0.25) is 0 Å². The molecule has 10 aromatic rings. The van der Waals surface area contributed by atoms with Crippen LogP contribution in [0.15, 0.2) is 100 Å². The van der Waals surface area contributed by atoms with Crippen LogP contribution in [0.4, 0.5) is 0 Å². The van der Waals surface area contributed by atoms with Crippen molar-refractivity contribution in [3.63, 3.8) is 0 Å². The standard InChI is InChI=1S/C47H32O11/c1-6-23-35(54-4)14-12-26-36(23)39-34(49)18-30(40(50)43(39)57-45(26)51)21-7-9-24-25-10-8-22(16-29(25)20(3)19(2)28(24)15-21)31-17-32-38-37-27(46(52)58-44(38)41(31)55-5)11-13-33(48)42(37)56-47(32)53/h7-18,48-50H,6H2,1-5H3. The smallest absolute Gasteiger partial charge is 0.344 e. The summed E-state index contributed by atoms with van der Waals surface area (Å²) in [5, 5.41) is 39.3. The van der Waals surface area contributed by atoms with Gasteiger partial charge in [-0.05, 0) is 113 Å². The molecular weight excluding hydrogens is 741 g/mol. The molecule has 7 aromatic carbocycles. The number of aromatic hydroxyl groups is 3. The Bertz CT molecular complexity index is 3640. The highest BCUT2D eigenvalue weighted by Gasteiger charge is 2.26. The monoisotopic (exact) mass is 772 g/mol. The number of fused-ring (bicyclic) bond motifs is 6. The Balaban J connectivity index is 1.16. The molecule has 0 fully saturated rings. The quantitative estimate of drug-likeness (QED) is 0.0865. The van der Waals surface area contributed by atoms with E-state index in [2.05, 4.69) is 0 Å². The number of phenols is 3. The molecule has 286 valence electrons. The molecule has 0 aliphatic heterocycles. The predicted molar refractivity (Wildman–Crippen MR) is 224 cm³/mol. The Labute approximate surface area is 326 Å². The third-order valence-corrected chi connectivity index (χ3v) is 11.7. The molecule has 0 aliphatic carbocycles. The van der Waals surface area contributed by atoms with Crippen molar-refractivity contribution in [1.82, 2.24) is 0 Å². The van der Waals surface area contributed by atoms with Gasteiger partial charge in [-0.25, -0.2) is 14.4 Å². The highest BCUT2D eigenvalue weighted by Crippen LogP contribution is 2.48. The highest BCUT2D eigenvalue weighted by atomic mass is 16.5. The molecule has 3 heterocycles. The molecule has 0 bridgehead atoms. The second kappa shape index (κ2) is 12.2. The summed E-state index contributed by atoms with van der Waals surface area (Å²) in [6.45, 7) is 5.92. The van der Waals surface area contributed by atoms with Crippen LogP contribution >= 0.6 is 0 Å². The van der Waals surface area contributed by atoms with Crippen molar-refractivity contribution >= 4 is 76.0 Å². The lowest BCUT2D eigenvalue weighted by Gasteiger charge is -2.18. The van der Waals surface area contributed by atoms with E-state index in [1.165, 1.54) is 32.4 Å². The third kappa shape index (κ3) is 4.58. The molecule has 0 saturated heterocycles. The zero-order chi connectivity index (χ0) is 40.5. The fourth-order valence-corrected chi connectivity index (χ4v) is 8.84. The molecule has 0 spiro atoms. The van der Waals surface area contributed by atoms with Gasteiger partial charge < -0.3 is 38.0 Å². The van der Waals surface area contributed by atoms with Crippen LogP contribution in [0.1, 0.15) is 23.6 Å². The first-order valence-corrected chi connectivity index (χ1v) is 18.5. The van der Waals surface area contributed by atoms with E-state index < -0.39 is 16.9 Å². The number of hydrogen-bond acceptors (Lipinski definition) is 11. The first-order valence-electron chi connectivity index (χ1n) is 18.5. The second-order valence-electron chi connectivity index (χ2n) is 14.5. The fourth-order valence-electron chi connectivity index (χ4n) is 8.84. The average molecular weight is 773 g/mol. The van der Waals surface area contributed by atoms with Crippen molar-refractivity contribution in [2.24, 2.45) is 0 Å². The number of benzene rings is 7. The Kier molecular flexibility index (Phi) is 7.37. The van der Waals surface area contributed by atoms with Crippen molar-refractivity contribution in [3.8, 4) is 51.0 Å². The maximum atomic E-state index is 13.4. The van der Waals surface area contributed by atoms with Crippen molar-refractivity contribution in [3.05, 3.63) is 121 Å². The molecule has 0 unspecified atom stereocenters. The lowest BCUT2D eigenvalue weighted by Crippen LogP contribution is -2.08. The summed E-state index contributed by atoms with van der Waals surface area (Å²) in [6.07, 6.45) is 0.508. The zero-order valence-corrected chi connectivity index (χ0v) is 31.7. The van der Waals surface area contributed by atoms with Gasteiger partial charge in [0.1, 0.15) is 11.5 Å². The van der Waals surface area contributed by atoms with Gasteiger partial charge in [-0.1, -0.05) is 31.2 Å². The molecule has 11 nitrogen and oxygen atoms in total. The van der Waals surface area contributed by atoms with Gasteiger partial charge in [-0.15, -0.1) is 0 Å². The van der Waals surface area contributed by atoms with Crippen LogP contribution in [-0.4, -0.2) is 29.5 Å². The van der Waals surface area contributed by atoms with Gasteiger partial charge in [0.05, 0.1) is 35.8 Å². The topological polar surface area (TPSA) is 170 Å². The minimum atomic E-state index is -0.708. The number of rotatable bonds is 5. The van der Waals surface area contributed by atoms with E-state index in [1.807, 2.05) is 57.2 Å². The summed E-state index contributed by atoms with van der Waals surface area (Å²) in [5.74, 6) is 0.0918. The predicted octanol–water partition coefficient (Wildman–Crippen LogP) is 9.70. The van der Waals surface area contributed by atoms with E-state index >= 15 is 0 Å². The number of hydrogen-bond donors (Lipinski definition) is 3. The van der Waals surface area contributed by atoms with Crippen LogP contribution in [-0.2, 0) is 6.42 Å². The fraction of sp³-hybridized carbons (Fsp3) is 0.128. The maximum Gasteiger partial charge on any atom is 0.344 e. The van der Waals surface area contributed by atoms with E-state index in [4.69, 9.17) is 22.7 Å². The van der Waals surface area contributed by atoms with Crippen LogP contribution in [0, 0.1) is 13.8 Å². The highest BCUT2D eigenvalue weighted by molar-refractivity contribution is 6.23. The Morgan fingerprint density at radius 3 is 1.71 bits per heavy atom. The number of ether oxygens (including phenoxy) is 2. The molecular formula is C47H32O11. The lowest BCUT2D eigenvalue weighted by atomic mass is 9.88. The summed E-state index contributed by atoms with van der Waals surface area (Å²) in [5.41, 5.74) is 2.52. The van der Waals surface area contributed by atoms with Gasteiger partial charge in [0, 0.05) is 32.8 Å². The van der Waals surface area contributed by atoms with Crippen molar-refractivity contribution in [2.75, 3.05) is 14.2 Å². The molecule has 0 aliphatic rings. The molecule has 0 atom stereocenters. The largest absolute Gasteiger partial charge is 0.507 e. The molecule has 0 amide bonds. The molecule has 11 heteroatoms. The summed E-state index contributed by atoms with van der Waals surface area (Å²) < 4.78 is 28.5. The lowest BCUT2D eigenvalue weighted by molar-refractivity contribution is 0.409. The maximum absolute atomic E-state index is 13.4. The summed E-state index contributed by atoms with van der Waals surface area (Å²) in [6, 6.07) is 20.7. The normalized spacial score (nSPS) is 12.0. The first kappa shape index (κ1) is 34.9. The van der Waals surface area contributed by atoms with Gasteiger partial charge in [0.25, 0.3) is 0 Å². The van der Waals surface area contributed by atoms with E-state index in [9.17, 15) is 29.7 Å². The molecule has 3 N–H and O–H groups in total. The van der Waals surface area contributed by atoms with E-state index in [0.29, 0.717) is 45.2 Å². The van der Waals surface area contributed by atoms with Gasteiger partial charge >= 0.3 is 16.9 Å². The summed E-state index contributed by atoms with van der Waals surface area (Å²) in [4.78, 5) is 39.8. The molecule has 10 rings (SSSR count). The first-order chi connectivity index (χ1) is 27.9. The second-order valence-corrected chi connectivity index (χ2v) is 14.5. The summed E-state index contributed by atoms with van der Waals surface area (Å²) in [7, 11) is 3.00. The molecule has 3 aromatic heterocycles. The van der Waals surface area contributed by atoms with Crippen LogP contribution in [0.25, 0.3) is 98.3 Å². The summed E-state index contributed by atoms with van der Waals surface area (Å²) >= 11 is 0. The van der Waals surface area contributed by atoms with Gasteiger partial charge in [0.2, 0.25) is 0 Å². The van der Waals surface area contributed by atoms with Crippen LogP contribution < -0.4 is 26.4 Å². The van der Waals surface area contributed by atoms with Gasteiger partial charge in [-0.2, -0.15) is 0 Å². The van der Waals surface area contributed by atoms with E-state index in [0.717, 1.165) is 32.7 Å². The Morgan fingerprint density at radius 2 is 1.07 bits per heavy atom. The molecule has 0 saturated carbocycles. The Hall–Kier alpha value is -7.53. The van der Waals surface area contributed by atoms with Gasteiger partial charge in [0.15, 0.2) is 34.0 Å². The van der Waals surface area contributed by atoms with E-state index in [-0.39, 0.29) is 72.2 Å². The van der Waals surface area contributed by atoms with Crippen LogP contribution in [0.3, 0.4) is 0 Å². The van der Waals surface area contributed by atoms with Crippen LogP contribution in [0.2, 0.25) is 0 Å². The minimum Gasteiger partial charge on any atom is -0.507 e. The van der Waals surface area contributed by atoms with Crippen molar-refractivity contribution in [1.29, 1.82) is 0 Å². The molecule has 0 radical (unpaired) electrons. The SMILES string of the molecule is CCc1c(OC)ccc2c(=O)oc3c(O)c(-c4ccc5c(c4)c(C)c(C)c4cc(-c6cc7c(=O)oc8c(O)ccc9c(=O)oc(c6OC)c7c89)ccc45)cc(O)c3c12. The average Bonchev–Trinajstić information content (AvgIpc) is 3.23.